The van der Waals surface area contributed by atoms with E-state index in [9.17, 15) is 4.79 Å². The van der Waals surface area contributed by atoms with Gasteiger partial charge in [-0.2, -0.15) is 5.10 Å². The van der Waals surface area contributed by atoms with Crippen molar-refractivity contribution < 1.29 is 14.3 Å². The molecule has 1 amide bonds. The Bertz CT molecular complexity index is 1030. The Morgan fingerprint density at radius 1 is 1.15 bits per heavy atom. The first kappa shape index (κ1) is 17.3. The average Bonchev–Trinajstić information content (AvgIpc) is 3.02. The van der Waals surface area contributed by atoms with Crippen molar-refractivity contribution in [3.63, 3.8) is 0 Å². The summed E-state index contributed by atoms with van der Waals surface area (Å²) in [7, 11) is 0. The summed E-state index contributed by atoms with van der Waals surface area (Å²) in [6, 6.07) is 7.39. The maximum absolute atomic E-state index is 12.4. The summed E-state index contributed by atoms with van der Waals surface area (Å²) in [6.07, 6.45) is 0.972. The third-order valence-corrected chi connectivity index (χ3v) is 4.71. The number of nitrogens with zero attached hydrogens (tertiary/aromatic N) is 3. The molecule has 1 aliphatic heterocycles. The van der Waals surface area contributed by atoms with Gasteiger partial charge in [-0.1, -0.05) is 0 Å². The lowest BCUT2D eigenvalue weighted by molar-refractivity contribution is -0.116. The van der Waals surface area contributed by atoms with Crippen molar-refractivity contribution in [2.24, 2.45) is 0 Å². The molecule has 140 valence electrons. The molecule has 0 aliphatic carbocycles. The first-order valence-electron chi connectivity index (χ1n) is 9.03. The van der Waals surface area contributed by atoms with Gasteiger partial charge in [0.2, 0.25) is 5.91 Å². The number of rotatable bonds is 4. The first-order valence-corrected chi connectivity index (χ1v) is 9.03. The normalized spacial score (nSPS) is 13.0. The van der Waals surface area contributed by atoms with Gasteiger partial charge in [-0.3, -0.25) is 4.79 Å². The van der Waals surface area contributed by atoms with E-state index in [0.717, 1.165) is 28.3 Å². The number of carbonyl (C=O) groups is 1. The molecule has 0 bridgehead atoms. The Labute approximate surface area is 157 Å². The van der Waals surface area contributed by atoms with E-state index in [2.05, 4.69) is 15.4 Å². The molecule has 0 saturated heterocycles. The molecule has 2 aromatic heterocycles. The van der Waals surface area contributed by atoms with Crippen molar-refractivity contribution in [1.82, 2.24) is 14.6 Å². The van der Waals surface area contributed by atoms with Crippen LogP contribution in [0, 0.1) is 20.8 Å². The monoisotopic (exact) mass is 366 g/mol. The fourth-order valence-corrected chi connectivity index (χ4v) is 3.39. The van der Waals surface area contributed by atoms with Crippen LogP contribution in [0.3, 0.4) is 0 Å². The largest absolute Gasteiger partial charge is 0.486 e. The van der Waals surface area contributed by atoms with Crippen molar-refractivity contribution in [2.75, 3.05) is 18.5 Å². The predicted molar refractivity (Wildman–Crippen MR) is 102 cm³/mol. The van der Waals surface area contributed by atoms with Gasteiger partial charge in [0.05, 0.1) is 5.69 Å². The smallest absolute Gasteiger partial charge is 0.224 e. The number of anilines is 1. The van der Waals surface area contributed by atoms with Crippen LogP contribution in [-0.4, -0.2) is 33.7 Å². The van der Waals surface area contributed by atoms with E-state index in [4.69, 9.17) is 9.47 Å². The van der Waals surface area contributed by atoms with E-state index in [1.165, 1.54) is 0 Å². The highest BCUT2D eigenvalue weighted by atomic mass is 16.6. The molecule has 0 saturated carbocycles. The molecule has 27 heavy (non-hydrogen) atoms. The third-order valence-electron chi connectivity index (χ3n) is 4.71. The van der Waals surface area contributed by atoms with Crippen LogP contribution in [0.4, 0.5) is 5.69 Å². The minimum Gasteiger partial charge on any atom is -0.486 e. The van der Waals surface area contributed by atoms with Crippen molar-refractivity contribution in [2.45, 2.75) is 33.6 Å². The standard InChI is InChI=1S/C20H22N4O3/c1-12-10-19-21-13(2)16(14(3)24(19)23-12)5-7-20(25)22-15-4-6-17-18(11-15)27-9-8-26-17/h4,6,10-11H,5,7-9H2,1-3H3,(H,22,25). The van der Waals surface area contributed by atoms with E-state index in [1.807, 2.05) is 43.5 Å². The highest BCUT2D eigenvalue weighted by Gasteiger charge is 2.15. The number of ether oxygens (including phenoxy) is 2. The summed E-state index contributed by atoms with van der Waals surface area (Å²) in [5.74, 6) is 1.32. The van der Waals surface area contributed by atoms with Gasteiger partial charge in [0, 0.05) is 35.6 Å². The number of aryl methyl sites for hydroxylation is 3. The van der Waals surface area contributed by atoms with E-state index in [-0.39, 0.29) is 5.91 Å². The van der Waals surface area contributed by atoms with Gasteiger partial charge in [-0.05, 0) is 44.9 Å². The Morgan fingerprint density at radius 3 is 2.74 bits per heavy atom. The second-order valence-corrected chi connectivity index (χ2v) is 6.72. The average molecular weight is 366 g/mol. The summed E-state index contributed by atoms with van der Waals surface area (Å²) < 4.78 is 12.9. The minimum absolute atomic E-state index is 0.0535. The fraction of sp³-hybridized carbons (Fsp3) is 0.350. The number of hydrogen-bond acceptors (Lipinski definition) is 5. The molecule has 3 heterocycles. The molecule has 1 aromatic carbocycles. The van der Waals surface area contributed by atoms with Crippen LogP contribution in [0.1, 0.15) is 29.1 Å². The molecule has 1 aliphatic rings. The number of fused-ring (bicyclic) bond motifs is 2. The Balaban J connectivity index is 1.46. The quantitative estimate of drug-likeness (QED) is 0.768. The van der Waals surface area contributed by atoms with Crippen LogP contribution in [0.15, 0.2) is 24.3 Å². The van der Waals surface area contributed by atoms with E-state index < -0.39 is 0 Å². The summed E-state index contributed by atoms with van der Waals surface area (Å²) in [5, 5.41) is 7.40. The van der Waals surface area contributed by atoms with Gasteiger partial charge < -0.3 is 14.8 Å². The molecule has 0 spiro atoms. The van der Waals surface area contributed by atoms with Gasteiger partial charge in [-0.25, -0.2) is 9.50 Å². The number of hydrogen-bond donors (Lipinski definition) is 1. The Hall–Kier alpha value is -3.09. The van der Waals surface area contributed by atoms with E-state index >= 15 is 0 Å². The van der Waals surface area contributed by atoms with E-state index in [1.54, 1.807) is 6.07 Å². The fourth-order valence-electron chi connectivity index (χ4n) is 3.39. The Kier molecular flexibility index (Phi) is 4.43. The van der Waals surface area contributed by atoms with Crippen LogP contribution in [0.25, 0.3) is 5.65 Å². The van der Waals surface area contributed by atoms with Crippen molar-refractivity contribution >= 4 is 17.2 Å². The molecule has 1 N–H and O–H groups in total. The second kappa shape index (κ2) is 6.90. The zero-order valence-electron chi connectivity index (χ0n) is 15.7. The van der Waals surface area contributed by atoms with Crippen LogP contribution < -0.4 is 14.8 Å². The lowest BCUT2D eigenvalue weighted by Gasteiger charge is -2.19. The molecular formula is C20H22N4O3. The van der Waals surface area contributed by atoms with E-state index in [0.29, 0.717) is 43.2 Å². The molecule has 0 atom stereocenters. The van der Waals surface area contributed by atoms with Crippen molar-refractivity contribution in [3.05, 3.63) is 46.9 Å². The lowest BCUT2D eigenvalue weighted by Crippen LogP contribution is -2.17. The molecule has 0 fully saturated rings. The summed E-state index contributed by atoms with van der Waals surface area (Å²) in [6.45, 7) is 7.01. The third kappa shape index (κ3) is 3.45. The van der Waals surface area contributed by atoms with Gasteiger partial charge >= 0.3 is 0 Å². The number of nitrogens with one attached hydrogen (secondary N) is 1. The zero-order chi connectivity index (χ0) is 19.0. The number of benzene rings is 1. The Morgan fingerprint density at radius 2 is 1.93 bits per heavy atom. The summed E-state index contributed by atoms with van der Waals surface area (Å²) in [5.41, 5.74) is 5.49. The van der Waals surface area contributed by atoms with Crippen LogP contribution in [0.2, 0.25) is 0 Å². The van der Waals surface area contributed by atoms with Gasteiger partial charge in [0.25, 0.3) is 0 Å². The minimum atomic E-state index is -0.0535. The molecular weight excluding hydrogens is 344 g/mol. The van der Waals surface area contributed by atoms with Gasteiger partial charge in [-0.15, -0.1) is 0 Å². The zero-order valence-corrected chi connectivity index (χ0v) is 15.7. The van der Waals surface area contributed by atoms with Crippen molar-refractivity contribution in [3.8, 4) is 11.5 Å². The highest BCUT2D eigenvalue weighted by Crippen LogP contribution is 2.32. The lowest BCUT2D eigenvalue weighted by atomic mass is 10.1. The molecule has 0 radical (unpaired) electrons. The first-order chi connectivity index (χ1) is 13.0. The van der Waals surface area contributed by atoms with Gasteiger partial charge in [0.15, 0.2) is 17.1 Å². The van der Waals surface area contributed by atoms with Crippen LogP contribution in [-0.2, 0) is 11.2 Å². The SMILES string of the molecule is Cc1cc2nc(C)c(CCC(=O)Nc3ccc4c(c3)OCCO4)c(C)n2n1. The highest BCUT2D eigenvalue weighted by molar-refractivity contribution is 5.91. The topological polar surface area (TPSA) is 77.8 Å². The van der Waals surface area contributed by atoms with Crippen LogP contribution >= 0.6 is 0 Å². The van der Waals surface area contributed by atoms with Crippen molar-refractivity contribution in [1.29, 1.82) is 0 Å². The molecule has 7 heteroatoms. The molecule has 0 unspecified atom stereocenters. The number of aromatic nitrogens is 3. The molecule has 4 rings (SSSR count). The van der Waals surface area contributed by atoms with Crippen LogP contribution in [0.5, 0.6) is 11.5 Å². The number of amides is 1. The van der Waals surface area contributed by atoms with Gasteiger partial charge in [0.1, 0.15) is 13.2 Å². The maximum Gasteiger partial charge on any atom is 0.224 e. The second-order valence-electron chi connectivity index (χ2n) is 6.72. The number of carbonyl (C=O) groups excluding carboxylic acids is 1. The predicted octanol–water partition coefficient (Wildman–Crippen LogP) is 3.00. The molecule has 3 aromatic rings. The summed E-state index contributed by atoms with van der Waals surface area (Å²) in [4.78, 5) is 17.0. The summed E-state index contributed by atoms with van der Waals surface area (Å²) >= 11 is 0. The maximum atomic E-state index is 12.4. The molecule has 7 nitrogen and oxygen atoms in total.